The van der Waals surface area contributed by atoms with Crippen molar-refractivity contribution in [1.82, 2.24) is 0 Å². The number of fused-ring (bicyclic) bond motifs is 5. The summed E-state index contributed by atoms with van der Waals surface area (Å²) in [5.74, 6) is 2.78. The zero-order chi connectivity index (χ0) is 13.9. The van der Waals surface area contributed by atoms with Crippen LogP contribution in [0.4, 0.5) is 0 Å². The number of phenolic OH excluding ortho intramolecular Hbond substituents is 1. The highest BCUT2D eigenvalue weighted by Crippen LogP contribution is 2.59. The number of aryl methyl sites for hydroxylation is 1. The van der Waals surface area contributed by atoms with E-state index in [1.807, 2.05) is 12.1 Å². The number of hydrogen-bond donors (Lipinski definition) is 1. The van der Waals surface area contributed by atoms with E-state index in [9.17, 15) is 9.90 Å². The molecular weight excluding hydrogens is 248 g/mol. The Labute approximate surface area is 120 Å². The minimum Gasteiger partial charge on any atom is -0.508 e. The molecule has 3 aliphatic carbocycles. The molecule has 2 saturated carbocycles. The topological polar surface area (TPSA) is 37.3 Å². The molecule has 0 unspecified atom stereocenters. The Morgan fingerprint density at radius 3 is 2.90 bits per heavy atom. The lowest BCUT2D eigenvalue weighted by Crippen LogP contribution is -2.42. The van der Waals surface area contributed by atoms with Crippen molar-refractivity contribution < 1.29 is 9.90 Å². The van der Waals surface area contributed by atoms with E-state index in [2.05, 4.69) is 13.0 Å². The molecule has 4 atom stereocenters. The minimum absolute atomic E-state index is 0.0322. The molecule has 0 spiro atoms. The van der Waals surface area contributed by atoms with Gasteiger partial charge in [0.15, 0.2) is 0 Å². The lowest BCUT2D eigenvalue weighted by atomic mass is 9.55. The van der Waals surface area contributed by atoms with E-state index in [4.69, 9.17) is 0 Å². The number of Topliss-reactive ketones (excluding diaryl/α,β-unsaturated/α-hetero) is 1. The number of ketones is 1. The van der Waals surface area contributed by atoms with Crippen molar-refractivity contribution in [2.75, 3.05) is 0 Å². The molecular formula is C18H22O2. The van der Waals surface area contributed by atoms with Crippen LogP contribution in [0.2, 0.25) is 0 Å². The first-order valence-corrected chi connectivity index (χ1v) is 7.95. The molecule has 3 aliphatic rings. The molecule has 2 fully saturated rings. The second-order valence-electron chi connectivity index (χ2n) is 7.22. The number of hydrogen-bond acceptors (Lipinski definition) is 2. The summed E-state index contributed by atoms with van der Waals surface area (Å²) in [6.07, 6.45) is 6.34. The van der Waals surface area contributed by atoms with E-state index in [0.29, 0.717) is 29.3 Å². The van der Waals surface area contributed by atoms with Crippen LogP contribution in [-0.4, -0.2) is 10.9 Å². The van der Waals surface area contributed by atoms with E-state index >= 15 is 0 Å². The third kappa shape index (κ3) is 1.54. The van der Waals surface area contributed by atoms with E-state index in [0.717, 1.165) is 32.1 Å². The van der Waals surface area contributed by atoms with Crippen molar-refractivity contribution in [2.24, 2.45) is 17.3 Å². The van der Waals surface area contributed by atoms with Gasteiger partial charge in [0.2, 0.25) is 0 Å². The molecule has 2 heteroatoms. The lowest BCUT2D eigenvalue weighted by Gasteiger charge is -2.48. The molecule has 0 radical (unpaired) electrons. The Hall–Kier alpha value is -1.31. The highest BCUT2D eigenvalue weighted by atomic mass is 16.3. The van der Waals surface area contributed by atoms with Gasteiger partial charge in [-0.2, -0.15) is 0 Å². The summed E-state index contributed by atoms with van der Waals surface area (Å²) < 4.78 is 0. The first-order chi connectivity index (χ1) is 9.59. The van der Waals surface area contributed by atoms with E-state index < -0.39 is 0 Å². The zero-order valence-corrected chi connectivity index (χ0v) is 12.1. The number of phenols is 1. The summed E-state index contributed by atoms with van der Waals surface area (Å²) in [6.45, 7) is 2.22. The normalized spacial score (nSPS) is 39.0. The molecule has 0 saturated heterocycles. The van der Waals surface area contributed by atoms with Crippen LogP contribution in [0.1, 0.15) is 56.1 Å². The van der Waals surface area contributed by atoms with Crippen LogP contribution in [0.3, 0.4) is 0 Å². The van der Waals surface area contributed by atoms with Crippen molar-refractivity contribution in [3.8, 4) is 5.75 Å². The van der Waals surface area contributed by atoms with Gasteiger partial charge in [0.05, 0.1) is 0 Å². The summed E-state index contributed by atoms with van der Waals surface area (Å²) >= 11 is 0. The van der Waals surface area contributed by atoms with Crippen LogP contribution in [0.15, 0.2) is 18.2 Å². The van der Waals surface area contributed by atoms with E-state index in [1.54, 1.807) is 0 Å². The number of rotatable bonds is 0. The largest absolute Gasteiger partial charge is 0.508 e. The molecule has 106 valence electrons. The van der Waals surface area contributed by atoms with Gasteiger partial charge in [-0.1, -0.05) is 13.0 Å². The Morgan fingerprint density at radius 1 is 1.20 bits per heavy atom. The molecule has 0 aromatic heterocycles. The quantitative estimate of drug-likeness (QED) is 0.778. The van der Waals surface area contributed by atoms with Gasteiger partial charge in [-0.05, 0) is 73.1 Å². The monoisotopic (exact) mass is 270 g/mol. The molecule has 2 nitrogen and oxygen atoms in total. The average molecular weight is 270 g/mol. The maximum atomic E-state index is 12.3. The van der Waals surface area contributed by atoms with Crippen molar-refractivity contribution in [2.45, 2.75) is 51.4 Å². The first-order valence-electron chi connectivity index (χ1n) is 7.95. The van der Waals surface area contributed by atoms with Crippen molar-refractivity contribution in [3.05, 3.63) is 29.3 Å². The summed E-state index contributed by atoms with van der Waals surface area (Å²) in [6, 6.07) is 5.90. The Bertz CT molecular complexity index is 577. The lowest BCUT2D eigenvalue weighted by molar-refractivity contribution is -0.129. The maximum absolute atomic E-state index is 12.3. The van der Waals surface area contributed by atoms with Gasteiger partial charge < -0.3 is 5.11 Å². The molecule has 20 heavy (non-hydrogen) atoms. The highest BCUT2D eigenvalue weighted by Gasteiger charge is 2.54. The first kappa shape index (κ1) is 12.4. The Morgan fingerprint density at radius 2 is 2.05 bits per heavy atom. The number of aromatic hydroxyl groups is 1. The minimum atomic E-state index is -0.0322. The summed E-state index contributed by atoms with van der Waals surface area (Å²) in [4.78, 5) is 12.3. The highest BCUT2D eigenvalue weighted by molar-refractivity contribution is 5.87. The summed E-state index contributed by atoms with van der Waals surface area (Å²) in [5, 5.41) is 9.67. The van der Waals surface area contributed by atoms with Gasteiger partial charge in [-0.3, -0.25) is 4.79 Å². The third-order valence-corrected chi connectivity index (χ3v) is 6.42. The van der Waals surface area contributed by atoms with Crippen LogP contribution in [0, 0.1) is 17.3 Å². The molecule has 0 amide bonds. The van der Waals surface area contributed by atoms with Crippen molar-refractivity contribution >= 4 is 5.78 Å². The van der Waals surface area contributed by atoms with Crippen molar-refractivity contribution in [3.63, 3.8) is 0 Å². The van der Waals surface area contributed by atoms with E-state index in [1.165, 1.54) is 17.5 Å². The van der Waals surface area contributed by atoms with Gasteiger partial charge in [0.1, 0.15) is 11.5 Å². The van der Waals surface area contributed by atoms with Crippen LogP contribution in [0.5, 0.6) is 5.75 Å². The predicted octanol–water partition coefficient (Wildman–Crippen LogP) is 3.82. The smallest absolute Gasteiger partial charge is 0.139 e. The molecule has 1 aromatic carbocycles. The second-order valence-corrected chi connectivity index (χ2v) is 7.22. The molecule has 0 bridgehead atoms. The van der Waals surface area contributed by atoms with Gasteiger partial charge in [-0.25, -0.2) is 0 Å². The van der Waals surface area contributed by atoms with Crippen LogP contribution in [0.25, 0.3) is 0 Å². The summed E-state index contributed by atoms with van der Waals surface area (Å²) in [7, 11) is 0. The Balaban J connectivity index is 1.73. The van der Waals surface area contributed by atoms with Crippen molar-refractivity contribution in [1.29, 1.82) is 0 Å². The maximum Gasteiger partial charge on any atom is 0.139 e. The van der Waals surface area contributed by atoms with Gasteiger partial charge >= 0.3 is 0 Å². The predicted molar refractivity (Wildman–Crippen MR) is 77.7 cm³/mol. The number of carbonyl (C=O) groups excluding carboxylic acids is 1. The molecule has 0 heterocycles. The van der Waals surface area contributed by atoms with Crippen LogP contribution < -0.4 is 0 Å². The standard InChI is InChI=1S/C18H22O2/c1-18-9-8-14-13-5-3-12(19)10-11(13)2-4-15(14)16(18)6-7-17(18)20/h3,5,10,14-16,19H,2,4,6-9H2,1H3/t14-,15+,16+,18-/m0/s1. The van der Waals surface area contributed by atoms with Crippen LogP contribution >= 0.6 is 0 Å². The van der Waals surface area contributed by atoms with Gasteiger partial charge in [-0.15, -0.1) is 0 Å². The fraction of sp³-hybridized carbons (Fsp3) is 0.611. The average Bonchev–Trinajstić information content (AvgIpc) is 2.74. The third-order valence-electron chi connectivity index (χ3n) is 6.42. The molecule has 4 rings (SSSR count). The zero-order valence-electron chi connectivity index (χ0n) is 12.1. The summed E-state index contributed by atoms with van der Waals surface area (Å²) in [5.41, 5.74) is 2.75. The number of carbonyl (C=O) groups is 1. The molecule has 0 aliphatic heterocycles. The van der Waals surface area contributed by atoms with Gasteiger partial charge in [0, 0.05) is 11.8 Å². The van der Waals surface area contributed by atoms with Crippen LogP contribution in [-0.2, 0) is 11.2 Å². The van der Waals surface area contributed by atoms with Gasteiger partial charge in [0.25, 0.3) is 0 Å². The Kier molecular flexibility index (Phi) is 2.55. The molecule has 1 N–H and O–H groups in total. The second kappa shape index (κ2) is 4.09. The van der Waals surface area contributed by atoms with E-state index in [-0.39, 0.29) is 5.41 Å². The molecule has 1 aromatic rings. The SMILES string of the molecule is C[C@]12CC[C@H]3c4ccc(O)cc4CC[C@H]3[C@H]1CCC2=O. The fourth-order valence-corrected chi connectivity index (χ4v) is 5.34. The number of benzene rings is 1. The fourth-order valence-electron chi connectivity index (χ4n) is 5.34.